The van der Waals surface area contributed by atoms with Crippen LogP contribution in [-0.4, -0.2) is 11.7 Å². The summed E-state index contributed by atoms with van der Waals surface area (Å²) >= 11 is 0. The number of carbonyl (C=O) groups excluding carboxylic acids is 2. The third kappa shape index (κ3) is 4.16. The molecule has 3 nitrogen and oxygen atoms in total. The van der Waals surface area contributed by atoms with Gasteiger partial charge in [-0.25, -0.2) is 0 Å². The van der Waals surface area contributed by atoms with E-state index in [4.69, 9.17) is 0 Å². The second-order valence-corrected chi connectivity index (χ2v) is 6.95. The summed E-state index contributed by atoms with van der Waals surface area (Å²) in [5.41, 5.74) is 5.32. The van der Waals surface area contributed by atoms with Gasteiger partial charge in [0.1, 0.15) is 0 Å². The van der Waals surface area contributed by atoms with E-state index < -0.39 is 0 Å². The third-order valence-electron chi connectivity index (χ3n) is 4.98. The number of nitrogens with one attached hydrogen (secondary N) is 1. The van der Waals surface area contributed by atoms with Crippen molar-refractivity contribution in [1.82, 2.24) is 5.32 Å². The number of hydrogen-bond donors (Lipinski definition) is 1. The van der Waals surface area contributed by atoms with Gasteiger partial charge < -0.3 is 5.32 Å². The number of carbonyl (C=O) groups is 2. The Morgan fingerprint density at radius 2 is 1.88 bits per heavy atom. The maximum absolute atomic E-state index is 12.4. The number of aryl methyl sites for hydroxylation is 3. The normalized spacial score (nSPS) is 16.2. The Balaban J connectivity index is 1.59. The van der Waals surface area contributed by atoms with E-state index in [9.17, 15) is 9.59 Å². The molecule has 0 saturated carbocycles. The monoisotopic (exact) mass is 335 g/mol. The van der Waals surface area contributed by atoms with Crippen molar-refractivity contribution in [3.63, 3.8) is 0 Å². The van der Waals surface area contributed by atoms with Crippen molar-refractivity contribution in [3.8, 4) is 0 Å². The Morgan fingerprint density at radius 1 is 1.08 bits per heavy atom. The van der Waals surface area contributed by atoms with Crippen LogP contribution in [-0.2, 0) is 11.2 Å². The smallest absolute Gasteiger partial charge is 0.220 e. The van der Waals surface area contributed by atoms with Gasteiger partial charge in [0, 0.05) is 18.4 Å². The van der Waals surface area contributed by atoms with Crippen LogP contribution in [0.1, 0.15) is 64.3 Å². The number of fused-ring (bicyclic) bond motifs is 1. The van der Waals surface area contributed by atoms with Gasteiger partial charge in [0.05, 0.1) is 6.04 Å². The maximum Gasteiger partial charge on any atom is 0.220 e. The average Bonchev–Trinajstić information content (AvgIpc) is 2.62. The summed E-state index contributed by atoms with van der Waals surface area (Å²) in [6.07, 6.45) is 3.63. The molecular formula is C22H25NO2. The minimum atomic E-state index is -0.0413. The Kier molecular flexibility index (Phi) is 5.32. The number of hydrogen-bond acceptors (Lipinski definition) is 2. The van der Waals surface area contributed by atoms with E-state index in [0.717, 1.165) is 36.0 Å². The number of rotatable bonds is 5. The van der Waals surface area contributed by atoms with Gasteiger partial charge in [-0.15, -0.1) is 0 Å². The lowest BCUT2D eigenvalue weighted by atomic mass is 9.87. The van der Waals surface area contributed by atoms with Gasteiger partial charge in [-0.05, 0) is 55.9 Å². The summed E-state index contributed by atoms with van der Waals surface area (Å²) in [7, 11) is 0. The summed E-state index contributed by atoms with van der Waals surface area (Å²) in [6, 6.07) is 14.2. The molecule has 0 radical (unpaired) electrons. The van der Waals surface area contributed by atoms with Crippen LogP contribution in [0.5, 0.6) is 0 Å². The number of Topliss-reactive ketones (excluding diaryl/α,β-unsaturated/α-hetero) is 1. The molecule has 0 bridgehead atoms. The maximum atomic E-state index is 12.4. The second-order valence-electron chi connectivity index (χ2n) is 6.95. The van der Waals surface area contributed by atoms with Gasteiger partial charge in [-0.3, -0.25) is 9.59 Å². The van der Waals surface area contributed by atoms with Crippen LogP contribution in [0.3, 0.4) is 0 Å². The lowest BCUT2D eigenvalue weighted by molar-refractivity contribution is -0.121. The molecule has 0 spiro atoms. The van der Waals surface area contributed by atoms with Crippen molar-refractivity contribution in [2.24, 2.45) is 0 Å². The first-order valence-corrected chi connectivity index (χ1v) is 9.02. The van der Waals surface area contributed by atoms with E-state index in [1.807, 2.05) is 44.2 Å². The molecule has 0 aliphatic heterocycles. The summed E-state index contributed by atoms with van der Waals surface area (Å²) in [5.74, 6) is 0.000698. The van der Waals surface area contributed by atoms with Crippen molar-refractivity contribution in [2.75, 3.05) is 0 Å². The molecule has 1 N–H and O–H groups in total. The zero-order valence-electron chi connectivity index (χ0n) is 15.0. The van der Waals surface area contributed by atoms with Crippen molar-refractivity contribution < 1.29 is 9.59 Å². The van der Waals surface area contributed by atoms with Crippen LogP contribution in [0, 0.1) is 13.8 Å². The van der Waals surface area contributed by atoms with Gasteiger partial charge >= 0.3 is 0 Å². The van der Waals surface area contributed by atoms with Gasteiger partial charge in [0.2, 0.25) is 5.91 Å². The van der Waals surface area contributed by atoms with Crippen molar-refractivity contribution in [1.29, 1.82) is 0 Å². The fraction of sp³-hybridized carbons (Fsp3) is 0.364. The Labute approximate surface area is 149 Å². The number of ketones is 1. The average molecular weight is 335 g/mol. The quantitative estimate of drug-likeness (QED) is 0.820. The number of amides is 1. The molecule has 3 rings (SSSR count). The highest BCUT2D eigenvalue weighted by atomic mass is 16.2. The van der Waals surface area contributed by atoms with Gasteiger partial charge in [0.25, 0.3) is 0 Å². The van der Waals surface area contributed by atoms with Crippen LogP contribution in [0.2, 0.25) is 0 Å². The lowest BCUT2D eigenvalue weighted by Crippen LogP contribution is -2.31. The molecule has 0 aromatic heterocycles. The summed E-state index contributed by atoms with van der Waals surface area (Å²) in [5, 5.41) is 3.12. The first-order valence-electron chi connectivity index (χ1n) is 9.02. The number of benzene rings is 2. The summed E-state index contributed by atoms with van der Waals surface area (Å²) in [4.78, 5) is 24.8. The standard InChI is InChI=1S/C22H25NO2/c1-15-10-11-16(2)19(14-15)21(24)12-13-22(25)23-20-9-5-7-17-6-3-4-8-18(17)20/h3-4,6,8,10-11,14,20H,5,7,9,12-13H2,1-2H3,(H,23,25). The molecule has 130 valence electrons. The zero-order chi connectivity index (χ0) is 17.8. The predicted octanol–water partition coefficient (Wildman–Crippen LogP) is 4.46. The predicted molar refractivity (Wildman–Crippen MR) is 99.7 cm³/mol. The molecule has 1 amide bonds. The Hall–Kier alpha value is -2.42. The molecule has 1 atom stereocenters. The van der Waals surface area contributed by atoms with Crippen LogP contribution in [0.25, 0.3) is 0 Å². The van der Waals surface area contributed by atoms with Crippen LogP contribution < -0.4 is 5.32 Å². The molecule has 2 aromatic rings. The second kappa shape index (κ2) is 7.64. The van der Waals surface area contributed by atoms with Crippen LogP contribution in [0.15, 0.2) is 42.5 Å². The molecule has 0 fully saturated rings. The highest BCUT2D eigenvalue weighted by Gasteiger charge is 2.21. The SMILES string of the molecule is Cc1ccc(C)c(C(=O)CCC(=O)NC2CCCc3ccccc32)c1. The topological polar surface area (TPSA) is 46.2 Å². The van der Waals surface area contributed by atoms with Crippen LogP contribution in [0.4, 0.5) is 0 Å². The summed E-state index contributed by atoms with van der Waals surface area (Å²) < 4.78 is 0. The van der Waals surface area contributed by atoms with E-state index in [1.165, 1.54) is 11.1 Å². The van der Waals surface area contributed by atoms with E-state index in [2.05, 4.69) is 17.4 Å². The molecule has 1 aliphatic carbocycles. The van der Waals surface area contributed by atoms with Gasteiger partial charge in [0.15, 0.2) is 5.78 Å². The molecule has 25 heavy (non-hydrogen) atoms. The van der Waals surface area contributed by atoms with E-state index in [1.54, 1.807) is 0 Å². The molecular weight excluding hydrogens is 310 g/mol. The van der Waals surface area contributed by atoms with Gasteiger partial charge in [-0.2, -0.15) is 0 Å². The minimum Gasteiger partial charge on any atom is -0.349 e. The van der Waals surface area contributed by atoms with E-state index in [-0.39, 0.29) is 30.6 Å². The molecule has 3 heteroatoms. The highest BCUT2D eigenvalue weighted by Crippen LogP contribution is 2.29. The fourth-order valence-electron chi connectivity index (χ4n) is 3.57. The minimum absolute atomic E-state index is 0.0413. The van der Waals surface area contributed by atoms with E-state index in [0.29, 0.717) is 0 Å². The van der Waals surface area contributed by atoms with Gasteiger partial charge in [-0.1, -0.05) is 42.0 Å². The van der Waals surface area contributed by atoms with Crippen molar-refractivity contribution >= 4 is 11.7 Å². The Morgan fingerprint density at radius 3 is 2.72 bits per heavy atom. The first kappa shape index (κ1) is 17.4. The lowest BCUT2D eigenvalue weighted by Gasteiger charge is -2.26. The fourth-order valence-corrected chi connectivity index (χ4v) is 3.57. The van der Waals surface area contributed by atoms with Crippen molar-refractivity contribution in [3.05, 3.63) is 70.3 Å². The largest absolute Gasteiger partial charge is 0.349 e. The molecule has 1 unspecified atom stereocenters. The summed E-state index contributed by atoms with van der Waals surface area (Å²) in [6.45, 7) is 3.91. The van der Waals surface area contributed by atoms with Crippen molar-refractivity contribution in [2.45, 2.75) is 52.0 Å². The molecule has 1 aliphatic rings. The first-order chi connectivity index (χ1) is 12.0. The van der Waals surface area contributed by atoms with Crippen LogP contribution >= 0.6 is 0 Å². The Bertz CT molecular complexity index is 794. The highest BCUT2D eigenvalue weighted by molar-refractivity contribution is 5.99. The van der Waals surface area contributed by atoms with E-state index >= 15 is 0 Å². The molecule has 0 heterocycles. The molecule has 2 aromatic carbocycles. The molecule has 0 saturated heterocycles. The third-order valence-corrected chi connectivity index (χ3v) is 4.98. The zero-order valence-corrected chi connectivity index (χ0v) is 15.0.